The maximum Gasteiger partial charge on any atom is 0.245 e. The van der Waals surface area contributed by atoms with Crippen LogP contribution < -0.4 is 10.6 Å². The molecule has 1 unspecified atom stereocenters. The van der Waals surface area contributed by atoms with Crippen LogP contribution in [0, 0.1) is 5.92 Å². The fourth-order valence-electron chi connectivity index (χ4n) is 3.85. The maximum atomic E-state index is 12.7. The Morgan fingerprint density at radius 2 is 1.44 bits per heavy atom. The van der Waals surface area contributed by atoms with Gasteiger partial charge < -0.3 is 15.1 Å². The highest BCUT2D eigenvalue weighted by Gasteiger charge is 2.49. The van der Waals surface area contributed by atoms with Gasteiger partial charge >= 0.3 is 0 Å². The Bertz CT molecular complexity index is 625. The van der Waals surface area contributed by atoms with Crippen molar-refractivity contribution in [2.24, 2.45) is 5.92 Å². The molecule has 0 spiro atoms. The molecule has 2 rings (SSSR count). The van der Waals surface area contributed by atoms with Crippen molar-refractivity contribution in [1.29, 1.82) is 0 Å². The number of hydrogen-bond donors (Lipinski definition) is 2. The summed E-state index contributed by atoms with van der Waals surface area (Å²) in [4.78, 5) is 25.4. The lowest BCUT2D eigenvalue weighted by molar-refractivity contribution is -0.954. The molecule has 0 saturated carbocycles. The molecule has 1 heterocycles. The first kappa shape index (κ1) is 19.5. The zero-order valence-corrected chi connectivity index (χ0v) is 16.3. The van der Waals surface area contributed by atoms with E-state index in [4.69, 9.17) is 12.2 Å². The van der Waals surface area contributed by atoms with Gasteiger partial charge in [0, 0.05) is 5.56 Å². The average molecular weight is 363 g/mol. The molecule has 1 aromatic rings. The van der Waals surface area contributed by atoms with Crippen molar-refractivity contribution in [1.82, 2.24) is 10.6 Å². The average Bonchev–Trinajstić information content (AvgIpc) is 2.61. The number of carbonyl (C=O) groups excluding carboxylic acids is 2. The van der Waals surface area contributed by atoms with Crippen molar-refractivity contribution >= 4 is 29.1 Å². The van der Waals surface area contributed by atoms with E-state index in [1.165, 1.54) is 5.56 Å². The van der Waals surface area contributed by atoms with Crippen molar-refractivity contribution in [3.63, 3.8) is 0 Å². The molecule has 1 fully saturated rings. The van der Waals surface area contributed by atoms with Gasteiger partial charge in [-0.3, -0.25) is 9.59 Å². The maximum absolute atomic E-state index is 12.7. The predicted octanol–water partition coefficient (Wildman–Crippen LogP) is 2.31. The molecule has 1 atom stereocenters. The molecule has 0 aliphatic carbocycles. The highest BCUT2D eigenvalue weighted by molar-refractivity contribution is 7.80. The molecule has 2 amide bonds. The molecule has 0 aromatic heterocycles. The van der Waals surface area contributed by atoms with Crippen LogP contribution in [0.1, 0.15) is 44.9 Å². The van der Waals surface area contributed by atoms with E-state index in [1.54, 1.807) is 0 Å². The van der Waals surface area contributed by atoms with Gasteiger partial charge in [-0.25, -0.2) is 0 Å². The Morgan fingerprint density at radius 3 is 1.84 bits per heavy atom. The fourth-order valence-corrected chi connectivity index (χ4v) is 4.05. The molecular weight excluding hydrogens is 334 g/mol. The van der Waals surface area contributed by atoms with Crippen molar-refractivity contribution in [3.05, 3.63) is 35.4 Å². The van der Waals surface area contributed by atoms with E-state index in [0.717, 1.165) is 31.6 Å². The number of aryl methyl sites for hydroxylation is 1. The lowest BCUT2D eigenvalue weighted by atomic mass is 9.86. The van der Waals surface area contributed by atoms with E-state index in [1.807, 2.05) is 0 Å². The van der Waals surface area contributed by atoms with Crippen molar-refractivity contribution in [3.8, 4) is 0 Å². The summed E-state index contributed by atoms with van der Waals surface area (Å²) in [7, 11) is 0. The second-order valence-electron chi connectivity index (χ2n) is 6.49. The summed E-state index contributed by atoms with van der Waals surface area (Å²) in [5.41, 5.74) is 2.26. The smallest absolute Gasteiger partial charge is 0.245 e. The number of hydrogen-bond acceptors (Lipinski definition) is 3. The van der Waals surface area contributed by atoms with E-state index < -0.39 is 5.92 Å². The van der Waals surface area contributed by atoms with Crippen LogP contribution in [0.2, 0.25) is 0 Å². The number of quaternary nitrogens is 1. The van der Waals surface area contributed by atoms with E-state index in [0.29, 0.717) is 4.48 Å². The number of thiocarbonyl (C=S) groups is 1. The van der Waals surface area contributed by atoms with Gasteiger partial charge in [0.1, 0.15) is 6.04 Å². The standard InChI is InChI=1S/C19H27N3O2S/c1-5-13-9-11-14(12-10-13)16(22(6-2,7-3)8-4)15-17(23)20-19(25)21-18(15)24/h9-12,15-16H,5-8H2,1-4H3,(H-,20,21,23,24,25)/p+1. The third kappa shape index (κ3) is 3.75. The highest BCUT2D eigenvalue weighted by atomic mass is 32.1. The van der Waals surface area contributed by atoms with Crippen LogP contribution in [0.25, 0.3) is 0 Å². The number of nitrogens with one attached hydrogen (secondary N) is 2. The zero-order valence-electron chi connectivity index (χ0n) is 15.5. The van der Waals surface area contributed by atoms with E-state index in [9.17, 15) is 9.59 Å². The first-order valence-corrected chi connectivity index (χ1v) is 9.43. The molecule has 1 aliphatic rings. The predicted molar refractivity (Wildman–Crippen MR) is 103 cm³/mol. The SMILES string of the molecule is CCc1ccc(C(C2C(=O)NC(=S)NC2=O)[N+](CC)(CC)CC)cc1. The number of benzene rings is 1. The van der Waals surface area contributed by atoms with Gasteiger partial charge in [0.2, 0.25) is 11.8 Å². The quantitative estimate of drug-likeness (QED) is 0.445. The second kappa shape index (κ2) is 8.06. The largest absolute Gasteiger partial charge is 0.317 e. The van der Waals surface area contributed by atoms with Gasteiger partial charge in [-0.1, -0.05) is 31.2 Å². The topological polar surface area (TPSA) is 58.2 Å². The molecule has 2 N–H and O–H groups in total. The number of nitrogens with zero attached hydrogens (tertiary/aromatic N) is 1. The summed E-state index contributed by atoms with van der Waals surface area (Å²) >= 11 is 4.96. The number of rotatable bonds is 7. The Hall–Kier alpha value is -1.79. The van der Waals surface area contributed by atoms with Gasteiger partial charge in [0.05, 0.1) is 19.6 Å². The Kier molecular flexibility index (Phi) is 6.30. The third-order valence-corrected chi connectivity index (χ3v) is 5.77. The lowest BCUT2D eigenvalue weighted by Gasteiger charge is -2.46. The molecule has 1 aliphatic heterocycles. The van der Waals surface area contributed by atoms with Crippen molar-refractivity contribution in [2.45, 2.75) is 40.2 Å². The van der Waals surface area contributed by atoms with Crippen LogP contribution in [0.3, 0.4) is 0 Å². The minimum Gasteiger partial charge on any atom is -0.317 e. The minimum absolute atomic E-state index is 0.0916. The van der Waals surface area contributed by atoms with Crippen LogP contribution in [0.4, 0.5) is 0 Å². The Labute approximate surface area is 155 Å². The first-order valence-electron chi connectivity index (χ1n) is 9.02. The molecular formula is C19H28N3O2S+. The molecule has 0 radical (unpaired) electrons. The summed E-state index contributed by atoms with van der Waals surface area (Å²) in [6.07, 6.45) is 0.957. The fraction of sp³-hybridized carbons (Fsp3) is 0.526. The van der Waals surface area contributed by atoms with Crippen molar-refractivity contribution in [2.75, 3.05) is 19.6 Å². The normalized spacial score (nSPS) is 17.2. The Balaban J connectivity index is 2.56. The van der Waals surface area contributed by atoms with E-state index in [2.05, 4.69) is 62.6 Å². The van der Waals surface area contributed by atoms with Crippen LogP contribution in [-0.4, -0.2) is 41.0 Å². The molecule has 0 bridgehead atoms. The molecule has 136 valence electrons. The highest BCUT2D eigenvalue weighted by Crippen LogP contribution is 2.36. The summed E-state index contributed by atoms with van der Waals surface area (Å²) in [5.74, 6) is -1.41. The molecule has 25 heavy (non-hydrogen) atoms. The number of amides is 2. The van der Waals surface area contributed by atoms with Gasteiger partial charge in [0.25, 0.3) is 0 Å². The summed E-state index contributed by atoms with van der Waals surface area (Å²) in [5, 5.41) is 5.35. The summed E-state index contributed by atoms with van der Waals surface area (Å²) in [6, 6.07) is 8.05. The Morgan fingerprint density at radius 1 is 0.960 bits per heavy atom. The van der Waals surface area contributed by atoms with Gasteiger partial charge in [-0.15, -0.1) is 0 Å². The summed E-state index contributed by atoms with van der Waals surface area (Å²) < 4.78 is 0.670. The molecule has 1 aromatic carbocycles. The van der Waals surface area contributed by atoms with Gasteiger partial charge in [-0.05, 0) is 45.0 Å². The molecule has 5 nitrogen and oxygen atoms in total. The van der Waals surface area contributed by atoms with Crippen LogP contribution in [-0.2, 0) is 16.0 Å². The second-order valence-corrected chi connectivity index (χ2v) is 6.90. The number of carbonyl (C=O) groups is 2. The lowest BCUT2D eigenvalue weighted by Crippen LogP contribution is -2.63. The van der Waals surface area contributed by atoms with Crippen LogP contribution >= 0.6 is 12.2 Å². The van der Waals surface area contributed by atoms with Crippen molar-refractivity contribution < 1.29 is 14.1 Å². The molecule has 1 saturated heterocycles. The van der Waals surface area contributed by atoms with Gasteiger partial charge in [0.15, 0.2) is 11.0 Å². The minimum atomic E-state index is -0.793. The van der Waals surface area contributed by atoms with Crippen LogP contribution in [0.5, 0.6) is 0 Å². The third-order valence-electron chi connectivity index (χ3n) is 5.56. The zero-order chi connectivity index (χ0) is 18.6. The summed E-state index contributed by atoms with van der Waals surface area (Å²) in [6.45, 7) is 11.0. The van der Waals surface area contributed by atoms with Crippen LogP contribution in [0.15, 0.2) is 24.3 Å². The first-order chi connectivity index (χ1) is 11.9. The van der Waals surface area contributed by atoms with Gasteiger partial charge in [-0.2, -0.15) is 0 Å². The van der Waals surface area contributed by atoms with E-state index in [-0.39, 0.29) is 23.0 Å². The van der Waals surface area contributed by atoms with E-state index >= 15 is 0 Å². The molecule has 6 heteroatoms. The monoisotopic (exact) mass is 362 g/mol.